The lowest BCUT2D eigenvalue weighted by molar-refractivity contribution is 0.0719. The van der Waals surface area contributed by atoms with Crippen LogP contribution in [0.5, 0.6) is 0 Å². The normalized spacial score (nSPS) is 22.5. The minimum absolute atomic E-state index is 0.0373. The number of anilines is 1. The third-order valence-corrected chi connectivity index (χ3v) is 4.89. The minimum atomic E-state index is -0.0373. The molecule has 0 radical (unpaired) electrons. The molecule has 0 aromatic carbocycles. The van der Waals surface area contributed by atoms with E-state index in [1.807, 2.05) is 17.2 Å². The first-order chi connectivity index (χ1) is 11.8. The van der Waals surface area contributed by atoms with Gasteiger partial charge in [-0.05, 0) is 12.5 Å². The van der Waals surface area contributed by atoms with Gasteiger partial charge in [-0.3, -0.25) is 9.78 Å². The van der Waals surface area contributed by atoms with Gasteiger partial charge >= 0.3 is 0 Å². The van der Waals surface area contributed by atoms with E-state index in [1.54, 1.807) is 18.7 Å². The van der Waals surface area contributed by atoms with Gasteiger partial charge in [-0.15, -0.1) is 0 Å². The number of rotatable bonds is 2. The molecule has 2 aliphatic rings. The molecule has 3 aromatic rings. The number of piperazine rings is 1. The first-order valence-electron chi connectivity index (χ1n) is 7.93. The van der Waals surface area contributed by atoms with E-state index in [-0.39, 0.29) is 18.0 Å². The van der Waals surface area contributed by atoms with Crippen LogP contribution < -0.4 is 4.90 Å². The maximum atomic E-state index is 12.6. The van der Waals surface area contributed by atoms with Crippen LogP contribution in [0.1, 0.15) is 16.9 Å². The molecule has 2 saturated heterocycles. The lowest BCUT2D eigenvalue weighted by Crippen LogP contribution is -2.49. The monoisotopic (exact) mass is 321 g/mol. The topological polar surface area (TPSA) is 90.9 Å². The number of fused-ring (bicyclic) bond motifs is 3. The van der Waals surface area contributed by atoms with Crippen LogP contribution in [-0.4, -0.2) is 60.9 Å². The van der Waals surface area contributed by atoms with Crippen LogP contribution in [0.15, 0.2) is 37.2 Å². The molecule has 8 heteroatoms. The highest BCUT2D eigenvalue weighted by molar-refractivity contribution is 5.93. The molecule has 0 saturated carbocycles. The summed E-state index contributed by atoms with van der Waals surface area (Å²) in [5, 5.41) is 1.02. The number of carbonyl (C=O) groups is 1. The molecule has 1 N–H and O–H groups in total. The predicted octanol–water partition coefficient (Wildman–Crippen LogP) is 0.851. The number of nitrogens with zero attached hydrogens (tertiary/aromatic N) is 6. The summed E-state index contributed by atoms with van der Waals surface area (Å²) in [7, 11) is 0. The lowest BCUT2D eigenvalue weighted by atomic mass is 10.2. The van der Waals surface area contributed by atoms with E-state index in [9.17, 15) is 4.79 Å². The zero-order valence-electron chi connectivity index (χ0n) is 12.8. The second-order valence-corrected chi connectivity index (χ2v) is 6.18. The fourth-order valence-electron chi connectivity index (χ4n) is 3.82. The molecule has 120 valence electrons. The largest absolute Gasteiger partial charge is 0.349 e. The fourth-order valence-corrected chi connectivity index (χ4v) is 3.82. The third kappa shape index (κ3) is 1.89. The second kappa shape index (κ2) is 4.98. The summed E-state index contributed by atoms with van der Waals surface area (Å²) in [6.07, 6.45) is 9.08. The molecule has 0 aliphatic carbocycles. The van der Waals surface area contributed by atoms with Gasteiger partial charge < -0.3 is 14.8 Å². The molecule has 2 atom stereocenters. The van der Waals surface area contributed by atoms with Crippen molar-refractivity contribution in [2.24, 2.45) is 0 Å². The Balaban J connectivity index is 1.41. The Morgan fingerprint density at radius 2 is 2.12 bits per heavy atom. The summed E-state index contributed by atoms with van der Waals surface area (Å²) in [6, 6.07) is 2.47. The summed E-state index contributed by atoms with van der Waals surface area (Å²) in [4.78, 5) is 36.8. The van der Waals surface area contributed by atoms with Gasteiger partial charge in [0.1, 0.15) is 23.5 Å². The van der Waals surface area contributed by atoms with Crippen molar-refractivity contribution in [2.45, 2.75) is 18.5 Å². The SMILES string of the molecule is O=C(c1cnccn1)N1CC2CC1CN2c1ncnc2[nH]ccc12. The molecule has 5 heterocycles. The summed E-state index contributed by atoms with van der Waals surface area (Å²) >= 11 is 0. The highest BCUT2D eigenvalue weighted by Crippen LogP contribution is 2.36. The summed E-state index contributed by atoms with van der Waals surface area (Å²) < 4.78 is 0. The lowest BCUT2D eigenvalue weighted by Gasteiger charge is -2.34. The van der Waals surface area contributed by atoms with Gasteiger partial charge in [0.25, 0.3) is 5.91 Å². The zero-order valence-corrected chi connectivity index (χ0v) is 12.8. The number of nitrogens with one attached hydrogen (secondary N) is 1. The zero-order chi connectivity index (χ0) is 16.1. The van der Waals surface area contributed by atoms with Crippen molar-refractivity contribution in [3.63, 3.8) is 0 Å². The molecule has 1 amide bonds. The van der Waals surface area contributed by atoms with Crippen molar-refractivity contribution in [1.82, 2.24) is 29.8 Å². The van der Waals surface area contributed by atoms with Gasteiger partial charge in [-0.2, -0.15) is 0 Å². The molecule has 2 unspecified atom stereocenters. The third-order valence-electron chi connectivity index (χ3n) is 4.89. The van der Waals surface area contributed by atoms with E-state index in [0.717, 1.165) is 29.8 Å². The van der Waals surface area contributed by atoms with Gasteiger partial charge in [0.15, 0.2) is 0 Å². The maximum Gasteiger partial charge on any atom is 0.274 e. The highest BCUT2D eigenvalue weighted by atomic mass is 16.2. The van der Waals surface area contributed by atoms with Gasteiger partial charge in [0, 0.05) is 31.7 Å². The van der Waals surface area contributed by atoms with Crippen LogP contribution in [0.3, 0.4) is 0 Å². The number of amides is 1. The number of aromatic amines is 1. The van der Waals surface area contributed by atoms with E-state index < -0.39 is 0 Å². The van der Waals surface area contributed by atoms with Crippen LogP contribution in [0.25, 0.3) is 11.0 Å². The van der Waals surface area contributed by atoms with Gasteiger partial charge in [-0.1, -0.05) is 0 Å². The van der Waals surface area contributed by atoms with E-state index in [2.05, 4.69) is 29.8 Å². The molecule has 0 spiro atoms. The molecule has 3 aromatic heterocycles. The Morgan fingerprint density at radius 3 is 2.92 bits per heavy atom. The first-order valence-corrected chi connectivity index (χ1v) is 7.93. The Labute approximate surface area is 137 Å². The Morgan fingerprint density at radius 1 is 1.17 bits per heavy atom. The van der Waals surface area contributed by atoms with Crippen LogP contribution in [-0.2, 0) is 0 Å². The Bertz CT molecular complexity index is 909. The van der Waals surface area contributed by atoms with Gasteiger partial charge in [-0.25, -0.2) is 15.0 Å². The van der Waals surface area contributed by atoms with E-state index in [4.69, 9.17) is 0 Å². The van der Waals surface area contributed by atoms with Crippen LogP contribution in [0.4, 0.5) is 5.82 Å². The Hall–Kier alpha value is -3.03. The standard InChI is InChI=1S/C16H15N7O/c24-16(13-6-17-3-4-18-13)23-8-10-5-11(23)7-22(10)15-12-1-2-19-14(12)20-9-21-15/h1-4,6,9-11H,5,7-8H2,(H,19,20,21). The smallest absolute Gasteiger partial charge is 0.274 e. The van der Waals surface area contributed by atoms with Gasteiger partial charge in [0.05, 0.1) is 23.7 Å². The number of hydrogen-bond acceptors (Lipinski definition) is 6. The number of likely N-dealkylation sites (tertiary alicyclic amines) is 1. The predicted molar refractivity (Wildman–Crippen MR) is 86.5 cm³/mol. The minimum Gasteiger partial charge on any atom is -0.349 e. The summed E-state index contributed by atoms with van der Waals surface area (Å²) in [6.45, 7) is 1.48. The molecular formula is C16H15N7O. The van der Waals surface area contributed by atoms with Crippen molar-refractivity contribution < 1.29 is 4.79 Å². The number of aromatic nitrogens is 5. The average molecular weight is 321 g/mol. The summed E-state index contributed by atoms with van der Waals surface area (Å²) in [5.41, 5.74) is 1.25. The summed E-state index contributed by atoms with van der Waals surface area (Å²) in [5.74, 6) is 0.907. The molecule has 2 aliphatic heterocycles. The molecule has 5 rings (SSSR count). The van der Waals surface area contributed by atoms with Crippen molar-refractivity contribution in [3.8, 4) is 0 Å². The second-order valence-electron chi connectivity index (χ2n) is 6.18. The van der Waals surface area contributed by atoms with Crippen molar-refractivity contribution in [1.29, 1.82) is 0 Å². The van der Waals surface area contributed by atoms with E-state index in [1.165, 1.54) is 6.20 Å². The fraction of sp³-hybridized carbons (Fsp3) is 0.312. The van der Waals surface area contributed by atoms with Crippen LogP contribution in [0.2, 0.25) is 0 Å². The number of hydrogen-bond donors (Lipinski definition) is 1. The van der Waals surface area contributed by atoms with Crippen LogP contribution in [0, 0.1) is 0 Å². The first kappa shape index (κ1) is 13.4. The van der Waals surface area contributed by atoms with E-state index >= 15 is 0 Å². The number of carbonyl (C=O) groups excluding carboxylic acids is 1. The molecule has 24 heavy (non-hydrogen) atoms. The van der Waals surface area contributed by atoms with Crippen molar-refractivity contribution >= 4 is 22.8 Å². The van der Waals surface area contributed by atoms with Crippen LogP contribution >= 0.6 is 0 Å². The highest BCUT2D eigenvalue weighted by Gasteiger charge is 2.46. The van der Waals surface area contributed by atoms with Crippen molar-refractivity contribution in [3.05, 3.63) is 42.9 Å². The molecule has 2 bridgehead atoms. The maximum absolute atomic E-state index is 12.6. The number of H-pyrrole nitrogens is 1. The quantitative estimate of drug-likeness (QED) is 0.752. The molecular weight excluding hydrogens is 306 g/mol. The molecule has 8 nitrogen and oxygen atoms in total. The average Bonchev–Trinajstić information content (AvgIpc) is 3.36. The van der Waals surface area contributed by atoms with Gasteiger partial charge in [0.2, 0.25) is 0 Å². The Kier molecular flexibility index (Phi) is 2.79. The van der Waals surface area contributed by atoms with Crippen molar-refractivity contribution in [2.75, 3.05) is 18.0 Å². The molecule has 2 fully saturated rings. The van der Waals surface area contributed by atoms with E-state index in [0.29, 0.717) is 12.2 Å².